The second kappa shape index (κ2) is 5.82. The Balaban J connectivity index is 2.22. The van der Waals surface area contributed by atoms with Crippen molar-refractivity contribution in [3.05, 3.63) is 39.4 Å². The van der Waals surface area contributed by atoms with Crippen LogP contribution in [0.25, 0.3) is 0 Å². The Morgan fingerprint density at radius 2 is 2.26 bits per heavy atom. The van der Waals surface area contributed by atoms with E-state index in [2.05, 4.69) is 5.16 Å². The number of rotatable bonds is 6. The third-order valence-electron chi connectivity index (χ3n) is 3.34. The SMILES string of the molecule is CCC(C)=NOCc1c(C2CC2)cccc1[N+](=O)[O-]. The zero-order valence-electron chi connectivity index (χ0n) is 11.3. The van der Waals surface area contributed by atoms with E-state index in [0.29, 0.717) is 11.5 Å². The van der Waals surface area contributed by atoms with E-state index in [1.54, 1.807) is 6.07 Å². The van der Waals surface area contributed by atoms with E-state index in [0.717, 1.165) is 30.5 Å². The van der Waals surface area contributed by atoms with Crippen molar-refractivity contribution < 1.29 is 9.76 Å². The van der Waals surface area contributed by atoms with E-state index in [4.69, 9.17) is 4.84 Å². The minimum atomic E-state index is -0.346. The molecule has 0 amide bonds. The first kappa shape index (κ1) is 13.5. The molecule has 0 bridgehead atoms. The fourth-order valence-corrected chi connectivity index (χ4v) is 1.97. The monoisotopic (exact) mass is 262 g/mol. The van der Waals surface area contributed by atoms with Gasteiger partial charge in [0.2, 0.25) is 0 Å². The highest BCUT2D eigenvalue weighted by Crippen LogP contribution is 2.43. The maximum atomic E-state index is 11.1. The van der Waals surface area contributed by atoms with E-state index in [1.807, 2.05) is 19.9 Å². The normalized spacial score (nSPS) is 15.4. The van der Waals surface area contributed by atoms with E-state index in [-0.39, 0.29) is 17.2 Å². The van der Waals surface area contributed by atoms with Crippen molar-refractivity contribution in [1.82, 2.24) is 0 Å². The van der Waals surface area contributed by atoms with Crippen molar-refractivity contribution in [1.29, 1.82) is 0 Å². The summed E-state index contributed by atoms with van der Waals surface area (Å²) in [5.41, 5.74) is 2.72. The van der Waals surface area contributed by atoms with Crippen LogP contribution < -0.4 is 0 Å². The minimum absolute atomic E-state index is 0.133. The summed E-state index contributed by atoms with van der Waals surface area (Å²) in [6.45, 7) is 4.03. The first-order chi connectivity index (χ1) is 9.13. The van der Waals surface area contributed by atoms with Gasteiger partial charge in [-0.25, -0.2) is 0 Å². The first-order valence-electron chi connectivity index (χ1n) is 6.55. The number of nitro groups is 1. The highest BCUT2D eigenvalue weighted by molar-refractivity contribution is 5.80. The largest absolute Gasteiger partial charge is 0.391 e. The van der Waals surface area contributed by atoms with Crippen LogP contribution >= 0.6 is 0 Å². The van der Waals surface area contributed by atoms with Crippen molar-refractivity contribution in [2.24, 2.45) is 5.16 Å². The Morgan fingerprint density at radius 1 is 1.53 bits per heavy atom. The van der Waals surface area contributed by atoms with Gasteiger partial charge in [-0.3, -0.25) is 10.1 Å². The number of benzene rings is 1. The number of hydrogen-bond acceptors (Lipinski definition) is 4. The molecule has 1 aliphatic rings. The topological polar surface area (TPSA) is 64.7 Å². The van der Waals surface area contributed by atoms with Gasteiger partial charge in [-0.1, -0.05) is 24.2 Å². The van der Waals surface area contributed by atoms with Gasteiger partial charge in [-0.15, -0.1) is 0 Å². The van der Waals surface area contributed by atoms with Crippen molar-refractivity contribution in [3.8, 4) is 0 Å². The van der Waals surface area contributed by atoms with Crippen LogP contribution in [0.2, 0.25) is 0 Å². The van der Waals surface area contributed by atoms with Crippen LogP contribution in [-0.2, 0) is 11.4 Å². The lowest BCUT2D eigenvalue weighted by atomic mass is 10.0. The van der Waals surface area contributed by atoms with Gasteiger partial charge in [0.05, 0.1) is 16.2 Å². The van der Waals surface area contributed by atoms with Gasteiger partial charge in [0.15, 0.2) is 0 Å². The molecule has 0 atom stereocenters. The Hall–Kier alpha value is -1.91. The minimum Gasteiger partial charge on any atom is -0.391 e. The molecule has 1 aliphatic carbocycles. The predicted octanol–water partition coefficient (Wildman–Crippen LogP) is 3.77. The molecule has 1 aromatic rings. The van der Waals surface area contributed by atoms with Crippen molar-refractivity contribution >= 4 is 11.4 Å². The molecule has 0 aliphatic heterocycles. The number of oxime groups is 1. The molecule has 5 nitrogen and oxygen atoms in total. The van der Waals surface area contributed by atoms with Crippen LogP contribution in [0, 0.1) is 10.1 Å². The number of nitro benzene ring substituents is 1. The van der Waals surface area contributed by atoms with Crippen molar-refractivity contribution in [2.75, 3.05) is 0 Å². The maximum absolute atomic E-state index is 11.1. The smallest absolute Gasteiger partial charge is 0.276 e. The van der Waals surface area contributed by atoms with Crippen molar-refractivity contribution in [2.45, 2.75) is 45.6 Å². The van der Waals surface area contributed by atoms with Gasteiger partial charge in [-0.2, -0.15) is 0 Å². The summed E-state index contributed by atoms with van der Waals surface area (Å²) in [7, 11) is 0. The van der Waals surface area contributed by atoms with Crippen molar-refractivity contribution in [3.63, 3.8) is 0 Å². The molecule has 0 spiro atoms. The Morgan fingerprint density at radius 3 is 2.84 bits per heavy atom. The molecule has 1 saturated carbocycles. The third kappa shape index (κ3) is 3.30. The van der Waals surface area contributed by atoms with Gasteiger partial charge < -0.3 is 4.84 Å². The molecule has 2 rings (SSSR count). The summed E-state index contributed by atoms with van der Waals surface area (Å²) in [6, 6.07) is 5.23. The standard InChI is InChI=1S/C14H18N2O3/c1-3-10(2)15-19-9-13-12(11-7-8-11)5-4-6-14(13)16(17)18/h4-6,11H,3,7-9H2,1-2H3. The molecule has 19 heavy (non-hydrogen) atoms. The molecular formula is C14H18N2O3. The molecule has 0 heterocycles. The zero-order valence-corrected chi connectivity index (χ0v) is 11.3. The Kier molecular flexibility index (Phi) is 4.14. The number of nitrogens with zero attached hydrogens (tertiary/aromatic N) is 2. The Labute approximate surface area is 112 Å². The first-order valence-corrected chi connectivity index (χ1v) is 6.55. The van der Waals surface area contributed by atoms with Gasteiger partial charge in [0.25, 0.3) is 5.69 Å². The molecule has 5 heteroatoms. The summed E-state index contributed by atoms with van der Waals surface area (Å²) >= 11 is 0. The van der Waals surface area contributed by atoms with E-state index >= 15 is 0 Å². The summed E-state index contributed by atoms with van der Waals surface area (Å²) in [4.78, 5) is 16.0. The highest BCUT2D eigenvalue weighted by Gasteiger charge is 2.29. The van der Waals surface area contributed by atoms with Crippen LogP contribution in [0.15, 0.2) is 23.4 Å². The number of hydrogen-bond donors (Lipinski definition) is 0. The third-order valence-corrected chi connectivity index (χ3v) is 3.34. The molecule has 0 aromatic heterocycles. The van der Waals surface area contributed by atoms with Crippen LogP contribution in [0.3, 0.4) is 0 Å². The van der Waals surface area contributed by atoms with Crippen LogP contribution in [0.4, 0.5) is 5.69 Å². The van der Waals surface area contributed by atoms with Gasteiger partial charge in [0, 0.05) is 6.07 Å². The molecule has 1 fully saturated rings. The molecule has 1 aromatic carbocycles. The maximum Gasteiger partial charge on any atom is 0.276 e. The average Bonchev–Trinajstić information content (AvgIpc) is 3.22. The second-order valence-corrected chi connectivity index (χ2v) is 4.83. The van der Waals surface area contributed by atoms with Crippen LogP contribution in [-0.4, -0.2) is 10.6 Å². The van der Waals surface area contributed by atoms with Gasteiger partial charge >= 0.3 is 0 Å². The van der Waals surface area contributed by atoms with E-state index in [9.17, 15) is 10.1 Å². The summed E-state index contributed by atoms with van der Waals surface area (Å²) in [5.74, 6) is 0.453. The molecule has 0 N–H and O–H groups in total. The molecule has 0 unspecified atom stereocenters. The summed E-state index contributed by atoms with van der Waals surface area (Å²) in [5, 5.41) is 15.0. The molecule has 0 saturated heterocycles. The second-order valence-electron chi connectivity index (χ2n) is 4.83. The predicted molar refractivity (Wildman–Crippen MR) is 73.3 cm³/mol. The van der Waals surface area contributed by atoms with Crippen LogP contribution in [0.1, 0.15) is 50.2 Å². The van der Waals surface area contributed by atoms with E-state index in [1.165, 1.54) is 6.07 Å². The fraction of sp³-hybridized carbons (Fsp3) is 0.500. The fourth-order valence-electron chi connectivity index (χ4n) is 1.97. The lowest BCUT2D eigenvalue weighted by molar-refractivity contribution is -0.386. The summed E-state index contributed by atoms with van der Waals surface area (Å²) in [6.07, 6.45) is 3.02. The average molecular weight is 262 g/mol. The Bertz CT molecular complexity index is 507. The molecular weight excluding hydrogens is 244 g/mol. The quantitative estimate of drug-likeness (QED) is 0.445. The lowest BCUT2D eigenvalue weighted by Gasteiger charge is -2.08. The lowest BCUT2D eigenvalue weighted by Crippen LogP contribution is -2.01. The van der Waals surface area contributed by atoms with Crippen LogP contribution in [0.5, 0.6) is 0 Å². The van der Waals surface area contributed by atoms with Gasteiger partial charge in [-0.05, 0) is 37.7 Å². The summed E-state index contributed by atoms with van der Waals surface area (Å²) < 4.78 is 0. The molecule has 102 valence electrons. The molecule has 0 radical (unpaired) electrons. The van der Waals surface area contributed by atoms with Gasteiger partial charge in [0.1, 0.15) is 6.61 Å². The zero-order chi connectivity index (χ0) is 13.8. The van der Waals surface area contributed by atoms with E-state index < -0.39 is 0 Å². The highest BCUT2D eigenvalue weighted by atomic mass is 16.6.